The first-order valence-corrected chi connectivity index (χ1v) is 8.42. The molecule has 1 heterocycles. The lowest BCUT2D eigenvalue weighted by molar-refractivity contribution is -0.147. The van der Waals surface area contributed by atoms with E-state index in [1.54, 1.807) is 25.6 Å². The van der Waals surface area contributed by atoms with Gasteiger partial charge in [-0.15, -0.1) is 0 Å². The molecule has 2 rings (SSSR count). The Morgan fingerprint density at radius 2 is 1.86 bits per heavy atom. The summed E-state index contributed by atoms with van der Waals surface area (Å²) in [5.41, 5.74) is 2.02. The van der Waals surface area contributed by atoms with Gasteiger partial charge in [-0.25, -0.2) is 0 Å². The van der Waals surface area contributed by atoms with Crippen LogP contribution in [0.15, 0.2) is 4.90 Å². The van der Waals surface area contributed by atoms with Gasteiger partial charge in [0.1, 0.15) is 16.9 Å². The Kier molecular flexibility index (Phi) is 4.66. The quantitative estimate of drug-likeness (QED) is 0.840. The fourth-order valence-corrected chi connectivity index (χ4v) is 3.86. The fourth-order valence-electron chi connectivity index (χ4n) is 2.58. The highest BCUT2D eigenvalue weighted by molar-refractivity contribution is 8.00. The maximum Gasteiger partial charge on any atom is 0.309 e. The molecular weight excluding hydrogens is 300 g/mol. The van der Waals surface area contributed by atoms with E-state index in [9.17, 15) is 9.90 Å². The summed E-state index contributed by atoms with van der Waals surface area (Å²) in [5.74, 6) is 0.461. The Labute approximate surface area is 135 Å². The van der Waals surface area contributed by atoms with Crippen molar-refractivity contribution in [2.75, 3.05) is 0 Å². The van der Waals surface area contributed by atoms with Gasteiger partial charge in [-0.2, -0.15) is 0 Å². The Hall–Kier alpha value is -1.36. The van der Waals surface area contributed by atoms with Crippen LogP contribution in [0.1, 0.15) is 49.8 Å². The number of rotatable bonds is 5. The zero-order chi connectivity index (χ0) is 16.7. The summed E-state index contributed by atoms with van der Waals surface area (Å²) in [6.07, 6.45) is 2.23. The number of aliphatic carboxylic acids is 1. The molecule has 122 valence electrons. The molecular formula is C17H24O4S. The van der Waals surface area contributed by atoms with Crippen LogP contribution in [0.25, 0.3) is 0 Å². The summed E-state index contributed by atoms with van der Waals surface area (Å²) < 4.78 is 6.03. The van der Waals surface area contributed by atoms with Crippen LogP contribution in [-0.4, -0.2) is 21.6 Å². The Balaban J connectivity index is 2.03. The Bertz CT molecular complexity index is 570. The van der Waals surface area contributed by atoms with E-state index in [-0.39, 0.29) is 5.44 Å². The second-order valence-corrected chi connectivity index (χ2v) is 7.80. The molecule has 0 aromatic heterocycles. The zero-order valence-corrected chi connectivity index (χ0v) is 14.6. The van der Waals surface area contributed by atoms with Gasteiger partial charge in [0.15, 0.2) is 0 Å². The van der Waals surface area contributed by atoms with Gasteiger partial charge in [0.2, 0.25) is 0 Å². The first kappa shape index (κ1) is 17.0. The molecule has 1 unspecified atom stereocenters. The van der Waals surface area contributed by atoms with Crippen LogP contribution in [0.3, 0.4) is 0 Å². The molecule has 0 saturated carbocycles. The van der Waals surface area contributed by atoms with Crippen molar-refractivity contribution >= 4 is 17.7 Å². The van der Waals surface area contributed by atoms with Crippen molar-refractivity contribution in [1.29, 1.82) is 0 Å². The number of benzene rings is 1. The summed E-state index contributed by atoms with van der Waals surface area (Å²) in [4.78, 5) is 12.1. The standard InChI is InChI=1S/C17H24O4S/c1-9-10(2)14-15(11(3)13(9)18)22-12(21-14)7-6-8-17(4,5)16(19)20/h12,18H,6-8H2,1-5H3,(H,19,20). The lowest BCUT2D eigenvalue weighted by atomic mass is 9.87. The number of carbonyl (C=O) groups is 1. The molecule has 0 bridgehead atoms. The van der Waals surface area contributed by atoms with Crippen molar-refractivity contribution in [3.05, 3.63) is 16.7 Å². The van der Waals surface area contributed by atoms with Crippen LogP contribution in [0, 0.1) is 26.2 Å². The molecule has 1 aliphatic heterocycles. The summed E-state index contributed by atoms with van der Waals surface area (Å²) in [5, 5.41) is 19.3. The highest BCUT2D eigenvalue weighted by Gasteiger charge is 2.31. The van der Waals surface area contributed by atoms with Gasteiger partial charge in [0, 0.05) is 5.56 Å². The van der Waals surface area contributed by atoms with Crippen LogP contribution < -0.4 is 4.74 Å². The molecule has 0 aliphatic carbocycles. The van der Waals surface area contributed by atoms with E-state index in [0.29, 0.717) is 12.2 Å². The number of phenols is 1. The van der Waals surface area contributed by atoms with Crippen molar-refractivity contribution in [1.82, 2.24) is 0 Å². The molecule has 0 saturated heterocycles. The summed E-state index contributed by atoms with van der Waals surface area (Å²) in [6.45, 7) is 9.27. The molecule has 0 spiro atoms. The fraction of sp³-hybridized carbons (Fsp3) is 0.588. The minimum atomic E-state index is -0.761. The topological polar surface area (TPSA) is 66.8 Å². The maximum atomic E-state index is 11.1. The second-order valence-electron chi connectivity index (χ2n) is 6.63. The van der Waals surface area contributed by atoms with Gasteiger partial charge in [-0.3, -0.25) is 4.79 Å². The minimum absolute atomic E-state index is 0.00167. The van der Waals surface area contributed by atoms with Gasteiger partial charge in [0.05, 0.1) is 10.3 Å². The molecule has 2 N–H and O–H groups in total. The number of carboxylic acids is 1. The average Bonchev–Trinajstić information content (AvgIpc) is 2.87. The third kappa shape index (κ3) is 3.05. The van der Waals surface area contributed by atoms with Crippen LogP contribution in [-0.2, 0) is 4.79 Å². The number of fused-ring (bicyclic) bond motifs is 1. The third-order valence-corrected chi connectivity index (χ3v) is 5.80. The highest BCUT2D eigenvalue weighted by Crippen LogP contribution is 2.50. The summed E-state index contributed by atoms with van der Waals surface area (Å²) in [6, 6.07) is 0. The maximum absolute atomic E-state index is 11.1. The second kappa shape index (κ2) is 6.03. The molecule has 1 atom stereocenters. The smallest absolute Gasteiger partial charge is 0.309 e. The lowest BCUT2D eigenvalue weighted by Gasteiger charge is -2.19. The largest absolute Gasteiger partial charge is 0.507 e. The van der Waals surface area contributed by atoms with Gasteiger partial charge in [-0.1, -0.05) is 11.8 Å². The number of phenolic OH excluding ortho intramolecular Hbond substituents is 1. The van der Waals surface area contributed by atoms with Crippen molar-refractivity contribution in [2.45, 2.75) is 64.2 Å². The first-order valence-electron chi connectivity index (χ1n) is 7.54. The number of hydrogen-bond acceptors (Lipinski definition) is 4. The van der Waals surface area contributed by atoms with Crippen LogP contribution >= 0.6 is 11.8 Å². The van der Waals surface area contributed by atoms with E-state index in [4.69, 9.17) is 9.84 Å². The van der Waals surface area contributed by atoms with Gasteiger partial charge in [-0.05, 0) is 65.0 Å². The van der Waals surface area contributed by atoms with E-state index in [1.807, 2.05) is 20.8 Å². The highest BCUT2D eigenvalue weighted by atomic mass is 32.2. The molecule has 0 radical (unpaired) electrons. The van der Waals surface area contributed by atoms with Gasteiger partial charge >= 0.3 is 5.97 Å². The van der Waals surface area contributed by atoms with Crippen molar-refractivity contribution < 1.29 is 19.7 Å². The van der Waals surface area contributed by atoms with Crippen LogP contribution in [0.4, 0.5) is 0 Å². The van der Waals surface area contributed by atoms with E-state index >= 15 is 0 Å². The predicted octanol–water partition coefficient (Wildman–Crippen LogP) is 4.41. The Morgan fingerprint density at radius 3 is 2.45 bits per heavy atom. The first-order chi connectivity index (χ1) is 10.1. The third-order valence-electron chi connectivity index (χ3n) is 4.48. The number of aromatic hydroxyl groups is 1. The summed E-state index contributed by atoms with van der Waals surface area (Å²) in [7, 11) is 0. The number of hydrogen-bond donors (Lipinski definition) is 2. The van der Waals surface area contributed by atoms with Gasteiger partial charge in [0.25, 0.3) is 0 Å². The number of ether oxygens (including phenoxy) is 1. The lowest BCUT2D eigenvalue weighted by Crippen LogP contribution is -2.23. The molecule has 0 fully saturated rings. The van der Waals surface area contributed by atoms with E-state index in [0.717, 1.165) is 40.2 Å². The molecule has 0 amide bonds. The normalized spacial score (nSPS) is 17.2. The molecule has 1 aromatic rings. The van der Waals surface area contributed by atoms with E-state index in [1.165, 1.54) is 0 Å². The predicted molar refractivity (Wildman–Crippen MR) is 87.9 cm³/mol. The molecule has 4 nitrogen and oxygen atoms in total. The Morgan fingerprint density at radius 1 is 1.23 bits per heavy atom. The molecule has 22 heavy (non-hydrogen) atoms. The van der Waals surface area contributed by atoms with E-state index < -0.39 is 11.4 Å². The molecule has 1 aromatic carbocycles. The van der Waals surface area contributed by atoms with Crippen LogP contribution in [0.2, 0.25) is 0 Å². The average molecular weight is 324 g/mol. The van der Waals surface area contributed by atoms with Gasteiger partial charge < -0.3 is 14.9 Å². The summed E-state index contributed by atoms with van der Waals surface area (Å²) >= 11 is 1.63. The van der Waals surface area contributed by atoms with Crippen LogP contribution in [0.5, 0.6) is 11.5 Å². The molecule has 1 aliphatic rings. The van der Waals surface area contributed by atoms with Crippen molar-refractivity contribution in [3.8, 4) is 11.5 Å². The SMILES string of the molecule is Cc1c(C)c2c(c(C)c1O)SC(CCCC(C)(C)C(=O)O)O2. The number of thioether (sulfide) groups is 1. The monoisotopic (exact) mass is 324 g/mol. The molecule has 5 heteroatoms. The number of carboxylic acid groups (broad SMARTS) is 1. The van der Waals surface area contributed by atoms with Crippen molar-refractivity contribution in [2.24, 2.45) is 5.41 Å². The zero-order valence-electron chi connectivity index (χ0n) is 13.8. The van der Waals surface area contributed by atoms with Crippen molar-refractivity contribution in [3.63, 3.8) is 0 Å². The van der Waals surface area contributed by atoms with E-state index in [2.05, 4.69) is 0 Å². The minimum Gasteiger partial charge on any atom is -0.507 e.